The number of hydrogen-bond acceptors (Lipinski definition) is 2. The second-order valence-corrected chi connectivity index (χ2v) is 7.96. The van der Waals surface area contributed by atoms with E-state index < -0.39 is 0 Å². The van der Waals surface area contributed by atoms with Crippen LogP contribution >= 0.6 is 0 Å². The maximum Gasteiger partial charge on any atom is 0.144 e. The van der Waals surface area contributed by atoms with Gasteiger partial charge >= 0.3 is 0 Å². The fourth-order valence-electron chi connectivity index (χ4n) is 4.29. The predicted octanol–water partition coefficient (Wildman–Crippen LogP) is 7.25. The SMILES string of the molecule is C/C=C\C(=C/CC#N)c1nccn1C1=C(c2ccccc2)CC(C)C=C1c1ccccc1. The highest BCUT2D eigenvalue weighted by molar-refractivity contribution is 6.10. The highest BCUT2D eigenvalue weighted by Gasteiger charge is 2.25. The summed E-state index contributed by atoms with van der Waals surface area (Å²) in [4.78, 5) is 4.71. The van der Waals surface area contributed by atoms with E-state index in [0.717, 1.165) is 23.5 Å². The molecule has 0 N–H and O–H groups in total. The largest absolute Gasteiger partial charge is 0.299 e. The zero-order valence-electron chi connectivity index (χ0n) is 18.6. The van der Waals surface area contributed by atoms with Gasteiger partial charge in [-0.25, -0.2) is 4.98 Å². The fourth-order valence-corrected chi connectivity index (χ4v) is 4.29. The second-order valence-electron chi connectivity index (χ2n) is 7.96. The van der Waals surface area contributed by atoms with Crippen molar-refractivity contribution in [2.24, 2.45) is 5.92 Å². The van der Waals surface area contributed by atoms with Crippen LogP contribution in [0, 0.1) is 17.2 Å². The van der Waals surface area contributed by atoms with Gasteiger partial charge in [0.15, 0.2) is 0 Å². The van der Waals surface area contributed by atoms with Crippen molar-refractivity contribution in [1.29, 1.82) is 5.26 Å². The number of nitrogens with zero attached hydrogens (tertiary/aromatic N) is 3. The third-order valence-corrected chi connectivity index (χ3v) is 5.62. The lowest BCUT2D eigenvalue weighted by molar-refractivity contribution is 0.749. The molecule has 3 heteroatoms. The number of hydrogen-bond donors (Lipinski definition) is 0. The lowest BCUT2D eigenvalue weighted by Crippen LogP contribution is -2.12. The Morgan fingerprint density at radius 1 is 1.09 bits per heavy atom. The van der Waals surface area contributed by atoms with Crippen molar-refractivity contribution in [2.75, 3.05) is 0 Å². The molecule has 0 aliphatic heterocycles. The molecule has 0 fully saturated rings. The first-order chi connectivity index (χ1) is 15.7. The van der Waals surface area contributed by atoms with Crippen molar-refractivity contribution in [3.63, 3.8) is 0 Å². The number of rotatable bonds is 6. The van der Waals surface area contributed by atoms with Crippen LogP contribution in [0.5, 0.6) is 0 Å². The van der Waals surface area contributed by atoms with Crippen LogP contribution in [-0.2, 0) is 0 Å². The summed E-state index contributed by atoms with van der Waals surface area (Å²) in [5.74, 6) is 1.26. The Labute approximate surface area is 190 Å². The van der Waals surface area contributed by atoms with Gasteiger partial charge in [-0.2, -0.15) is 5.26 Å². The van der Waals surface area contributed by atoms with Crippen LogP contribution in [-0.4, -0.2) is 9.55 Å². The summed E-state index contributed by atoms with van der Waals surface area (Å²) in [6, 6.07) is 23.4. The first-order valence-electron chi connectivity index (χ1n) is 11.0. The summed E-state index contributed by atoms with van der Waals surface area (Å²) in [6.45, 7) is 4.26. The van der Waals surface area contributed by atoms with Crippen LogP contribution in [0.4, 0.5) is 0 Å². The zero-order chi connectivity index (χ0) is 22.3. The van der Waals surface area contributed by atoms with Crippen LogP contribution in [0.1, 0.15) is 43.6 Å². The molecular formula is C29H27N3. The lowest BCUT2D eigenvalue weighted by atomic mass is 9.82. The third-order valence-electron chi connectivity index (χ3n) is 5.62. The molecule has 0 saturated carbocycles. The molecule has 1 heterocycles. The Morgan fingerprint density at radius 2 is 1.78 bits per heavy atom. The molecule has 0 radical (unpaired) electrons. The summed E-state index contributed by atoms with van der Waals surface area (Å²) < 4.78 is 2.19. The molecule has 1 atom stereocenters. The van der Waals surface area contributed by atoms with Crippen LogP contribution in [0.2, 0.25) is 0 Å². The Hall–Kier alpha value is -3.90. The quantitative estimate of drug-likeness (QED) is 0.396. The first-order valence-corrected chi connectivity index (χ1v) is 11.0. The maximum atomic E-state index is 9.15. The van der Waals surface area contributed by atoms with Gasteiger partial charge in [0.1, 0.15) is 5.82 Å². The van der Waals surface area contributed by atoms with E-state index in [0.29, 0.717) is 12.3 Å². The smallest absolute Gasteiger partial charge is 0.144 e. The lowest BCUT2D eigenvalue weighted by Gasteiger charge is -2.28. The van der Waals surface area contributed by atoms with E-state index in [1.807, 2.05) is 37.5 Å². The van der Waals surface area contributed by atoms with Gasteiger partial charge in [0.05, 0.1) is 18.2 Å². The Bertz CT molecular complexity index is 1230. The van der Waals surface area contributed by atoms with E-state index in [1.54, 1.807) is 0 Å². The van der Waals surface area contributed by atoms with E-state index in [4.69, 9.17) is 10.2 Å². The molecule has 0 amide bonds. The van der Waals surface area contributed by atoms with Crippen molar-refractivity contribution >= 4 is 22.4 Å². The fraction of sp³-hybridized carbons (Fsp3) is 0.172. The zero-order valence-corrected chi connectivity index (χ0v) is 18.6. The standard InChI is InChI=1S/C29H27N3/c1-3-11-25(16-10-17-30)29-31-18-19-32(29)28-26(23-12-6-4-7-13-23)20-22(2)21-27(28)24-14-8-5-9-15-24/h3-9,11-16,18-20,22H,10,21H2,1-2H3/b11-3-,25-16+. The normalized spacial score (nSPS) is 16.8. The molecule has 32 heavy (non-hydrogen) atoms. The average Bonchev–Trinajstić information content (AvgIpc) is 3.31. The van der Waals surface area contributed by atoms with Gasteiger partial charge in [0.2, 0.25) is 0 Å². The summed E-state index contributed by atoms with van der Waals surface area (Å²) in [5, 5.41) is 9.15. The first kappa shape index (κ1) is 21.3. The van der Waals surface area contributed by atoms with E-state index in [-0.39, 0.29) is 0 Å². The highest BCUT2D eigenvalue weighted by atomic mass is 15.1. The molecule has 3 nitrogen and oxygen atoms in total. The van der Waals surface area contributed by atoms with Crippen LogP contribution in [0.25, 0.3) is 22.4 Å². The molecule has 1 unspecified atom stereocenters. The molecule has 3 aromatic rings. The van der Waals surface area contributed by atoms with Crippen molar-refractivity contribution in [2.45, 2.75) is 26.7 Å². The second kappa shape index (κ2) is 9.94. The Morgan fingerprint density at radius 3 is 2.44 bits per heavy atom. The van der Waals surface area contributed by atoms with Gasteiger partial charge in [-0.3, -0.25) is 4.57 Å². The Kier molecular flexibility index (Phi) is 6.63. The van der Waals surface area contributed by atoms with Crippen molar-refractivity contribution in [3.8, 4) is 6.07 Å². The number of allylic oxidation sites excluding steroid dienone is 8. The van der Waals surface area contributed by atoms with Gasteiger partial charge in [-0.05, 0) is 36.0 Å². The number of aromatic nitrogens is 2. The molecule has 158 valence electrons. The van der Waals surface area contributed by atoms with Crippen LogP contribution in [0.15, 0.2) is 97.4 Å². The number of nitriles is 1. The molecule has 1 aliphatic carbocycles. The summed E-state index contributed by atoms with van der Waals surface area (Å²) >= 11 is 0. The van der Waals surface area contributed by atoms with Gasteiger partial charge in [0, 0.05) is 23.5 Å². The predicted molar refractivity (Wildman–Crippen MR) is 133 cm³/mol. The minimum absolute atomic E-state index is 0.343. The minimum Gasteiger partial charge on any atom is -0.299 e. The van der Waals surface area contributed by atoms with Gasteiger partial charge < -0.3 is 0 Å². The molecular weight excluding hydrogens is 390 g/mol. The van der Waals surface area contributed by atoms with Gasteiger partial charge in [-0.1, -0.05) is 91.9 Å². The molecule has 4 rings (SSSR count). The number of imidazole rings is 1. The molecule has 1 aliphatic rings. The van der Waals surface area contributed by atoms with E-state index in [9.17, 15) is 0 Å². The number of benzene rings is 2. The molecule has 0 bridgehead atoms. The molecule has 1 aromatic heterocycles. The van der Waals surface area contributed by atoms with E-state index in [2.05, 4.69) is 84.3 Å². The Balaban J connectivity index is 1.99. The molecule has 0 spiro atoms. The minimum atomic E-state index is 0.343. The molecule has 0 saturated heterocycles. The van der Waals surface area contributed by atoms with Gasteiger partial charge in [0.25, 0.3) is 0 Å². The monoisotopic (exact) mass is 417 g/mol. The van der Waals surface area contributed by atoms with Crippen LogP contribution < -0.4 is 0 Å². The van der Waals surface area contributed by atoms with E-state index in [1.165, 1.54) is 22.3 Å². The van der Waals surface area contributed by atoms with Gasteiger partial charge in [-0.15, -0.1) is 0 Å². The third kappa shape index (κ3) is 4.40. The summed E-state index contributed by atoms with van der Waals surface area (Å²) in [7, 11) is 0. The summed E-state index contributed by atoms with van der Waals surface area (Å²) in [6.07, 6.45) is 13.5. The average molecular weight is 418 g/mol. The van der Waals surface area contributed by atoms with Crippen molar-refractivity contribution < 1.29 is 0 Å². The summed E-state index contributed by atoms with van der Waals surface area (Å²) in [5.41, 5.74) is 7.03. The van der Waals surface area contributed by atoms with Crippen molar-refractivity contribution in [3.05, 3.63) is 114 Å². The topological polar surface area (TPSA) is 41.6 Å². The maximum absolute atomic E-state index is 9.15. The van der Waals surface area contributed by atoms with E-state index >= 15 is 0 Å². The van der Waals surface area contributed by atoms with Crippen LogP contribution in [0.3, 0.4) is 0 Å². The molecule has 2 aromatic carbocycles. The highest BCUT2D eigenvalue weighted by Crippen LogP contribution is 2.43. The van der Waals surface area contributed by atoms with Crippen molar-refractivity contribution in [1.82, 2.24) is 9.55 Å².